The van der Waals surface area contributed by atoms with E-state index in [2.05, 4.69) is 74.6 Å². The molecule has 0 aromatic heterocycles. The third-order valence-electron chi connectivity index (χ3n) is 9.68. The molecule has 0 rings (SSSR count). The Kier molecular flexibility index (Phi) is 36.8. The molecule has 0 amide bonds. The summed E-state index contributed by atoms with van der Waals surface area (Å²) in [5, 5.41) is 9.61. The van der Waals surface area contributed by atoms with Crippen molar-refractivity contribution in [2.24, 2.45) is 0 Å². The molecule has 1 N–H and O–H groups in total. The Balaban J connectivity index is 4.36. The maximum Gasteiger partial charge on any atom is 0.362 e. The monoisotopic (exact) mass is 787 g/mol. The fourth-order valence-electron chi connectivity index (χ4n) is 6.23. The molecule has 8 nitrogen and oxygen atoms in total. The standard InChI is InChI=1S/C48H83NO7/c1-6-8-10-12-14-16-18-20-21-22-23-24-25-26-27-29-30-32-34-36-38-46(50)55-43-44(42-54-41-40-45(48(52)53)49(3,4)5)56-47(51)39-37-35-33-31-28-19-17-15-13-11-9-7-2/h8,10,14,16,20-21,23-24,26-27,44-45H,6-7,9,11-13,15,17-19,22,25,28-43H2,1-5H3/p+1/b10-8+,16-14+,21-20+,24-23+,27-26+. The van der Waals surface area contributed by atoms with Crippen LogP contribution in [0.25, 0.3) is 0 Å². The summed E-state index contributed by atoms with van der Waals surface area (Å²) >= 11 is 0. The average molecular weight is 787 g/mol. The second-order valence-corrected chi connectivity index (χ2v) is 15.9. The van der Waals surface area contributed by atoms with E-state index in [4.69, 9.17) is 14.2 Å². The summed E-state index contributed by atoms with van der Waals surface area (Å²) in [6.07, 6.45) is 46.9. The Morgan fingerprint density at radius 3 is 1.48 bits per heavy atom. The molecule has 0 aromatic rings. The molecular weight excluding hydrogens is 703 g/mol. The number of nitrogens with zero attached hydrogens (tertiary/aromatic N) is 1. The summed E-state index contributed by atoms with van der Waals surface area (Å²) in [6.45, 7) is 4.59. The van der Waals surface area contributed by atoms with Gasteiger partial charge in [-0.25, -0.2) is 4.79 Å². The summed E-state index contributed by atoms with van der Waals surface area (Å²) in [4.78, 5) is 37.0. The smallest absolute Gasteiger partial charge is 0.362 e. The van der Waals surface area contributed by atoms with Crippen molar-refractivity contribution in [3.8, 4) is 0 Å². The van der Waals surface area contributed by atoms with E-state index >= 15 is 0 Å². The zero-order valence-electron chi connectivity index (χ0n) is 36.6. The van der Waals surface area contributed by atoms with E-state index in [9.17, 15) is 19.5 Å². The number of quaternary nitrogens is 1. The molecule has 2 atom stereocenters. The lowest BCUT2D eigenvalue weighted by molar-refractivity contribution is -0.887. The minimum absolute atomic E-state index is 0.0523. The number of aliphatic carboxylic acids is 1. The Hall–Kier alpha value is -2.97. The van der Waals surface area contributed by atoms with Crippen molar-refractivity contribution in [2.75, 3.05) is 41.0 Å². The van der Waals surface area contributed by atoms with Crippen LogP contribution in [-0.2, 0) is 28.6 Å². The van der Waals surface area contributed by atoms with E-state index in [-0.39, 0.29) is 36.2 Å². The molecule has 0 saturated carbocycles. The van der Waals surface area contributed by atoms with E-state index in [1.165, 1.54) is 57.8 Å². The first-order valence-electron chi connectivity index (χ1n) is 22.3. The number of unbranched alkanes of at least 4 members (excludes halogenated alkanes) is 15. The zero-order valence-corrected chi connectivity index (χ0v) is 36.6. The number of carbonyl (C=O) groups excluding carboxylic acids is 2. The first-order valence-corrected chi connectivity index (χ1v) is 22.3. The largest absolute Gasteiger partial charge is 0.477 e. The maximum absolute atomic E-state index is 12.7. The molecule has 0 aromatic carbocycles. The van der Waals surface area contributed by atoms with Crippen LogP contribution in [-0.4, -0.2) is 80.6 Å². The summed E-state index contributed by atoms with van der Waals surface area (Å²) < 4.78 is 17.2. The van der Waals surface area contributed by atoms with Crippen molar-refractivity contribution >= 4 is 17.9 Å². The predicted octanol–water partition coefficient (Wildman–Crippen LogP) is 12.2. The number of rotatable bonds is 39. The Morgan fingerprint density at radius 1 is 0.554 bits per heavy atom. The van der Waals surface area contributed by atoms with Gasteiger partial charge < -0.3 is 23.8 Å². The maximum atomic E-state index is 12.7. The van der Waals surface area contributed by atoms with Gasteiger partial charge in [0.1, 0.15) is 6.61 Å². The number of hydrogen-bond donors (Lipinski definition) is 1. The van der Waals surface area contributed by atoms with Gasteiger partial charge in [0, 0.05) is 19.3 Å². The van der Waals surface area contributed by atoms with Crippen LogP contribution < -0.4 is 0 Å². The summed E-state index contributed by atoms with van der Waals surface area (Å²) in [5.74, 6) is -1.50. The molecule has 0 radical (unpaired) electrons. The summed E-state index contributed by atoms with van der Waals surface area (Å²) in [6, 6.07) is -0.619. The van der Waals surface area contributed by atoms with Gasteiger partial charge >= 0.3 is 17.9 Å². The number of likely N-dealkylation sites (N-methyl/N-ethyl adjacent to an activating group) is 1. The van der Waals surface area contributed by atoms with Crippen molar-refractivity contribution in [1.29, 1.82) is 0 Å². The van der Waals surface area contributed by atoms with Crippen molar-refractivity contribution in [1.82, 2.24) is 0 Å². The molecule has 8 heteroatoms. The van der Waals surface area contributed by atoms with Crippen molar-refractivity contribution in [2.45, 2.75) is 187 Å². The number of ether oxygens (including phenoxy) is 3. The molecule has 0 aliphatic heterocycles. The molecule has 0 bridgehead atoms. The lowest BCUT2D eigenvalue weighted by Gasteiger charge is -2.31. The highest BCUT2D eigenvalue weighted by Crippen LogP contribution is 2.14. The number of carboxylic acids is 1. The van der Waals surface area contributed by atoms with Gasteiger partial charge in [0.2, 0.25) is 0 Å². The summed E-state index contributed by atoms with van der Waals surface area (Å²) in [7, 11) is 5.51. The van der Waals surface area contributed by atoms with Crippen LogP contribution in [0.3, 0.4) is 0 Å². The second-order valence-electron chi connectivity index (χ2n) is 15.9. The van der Waals surface area contributed by atoms with Crippen LogP contribution >= 0.6 is 0 Å². The van der Waals surface area contributed by atoms with Crippen molar-refractivity contribution in [3.63, 3.8) is 0 Å². The molecular formula is C48H84NO7+. The normalized spacial score (nSPS) is 13.5. The lowest BCUT2D eigenvalue weighted by Crippen LogP contribution is -2.50. The molecule has 322 valence electrons. The number of carboxylic acid groups (broad SMARTS) is 1. The summed E-state index contributed by atoms with van der Waals surface area (Å²) in [5.41, 5.74) is 0. The SMILES string of the molecule is CC/C=C/C/C=C/C/C=C/C/C=C/C/C=C/CCCCCCC(=O)OCC(COCCC(C(=O)O)[N+](C)(C)C)OC(=O)CCCCCCCCCCCCCC. The first-order chi connectivity index (χ1) is 27.1. The van der Waals surface area contributed by atoms with E-state index in [0.29, 0.717) is 19.3 Å². The Labute approximate surface area is 343 Å². The highest BCUT2D eigenvalue weighted by atomic mass is 16.6. The lowest BCUT2D eigenvalue weighted by atomic mass is 10.0. The molecule has 56 heavy (non-hydrogen) atoms. The third kappa shape index (κ3) is 36.7. The van der Waals surface area contributed by atoms with E-state index in [1.807, 2.05) is 21.1 Å². The van der Waals surface area contributed by atoms with Gasteiger partial charge in [-0.15, -0.1) is 0 Å². The Bertz CT molecular complexity index is 1100. The number of carbonyl (C=O) groups is 3. The molecule has 0 saturated heterocycles. The highest BCUT2D eigenvalue weighted by Gasteiger charge is 2.31. The van der Waals surface area contributed by atoms with Gasteiger partial charge in [-0.3, -0.25) is 9.59 Å². The second kappa shape index (κ2) is 38.9. The van der Waals surface area contributed by atoms with Crippen LogP contribution in [0.2, 0.25) is 0 Å². The van der Waals surface area contributed by atoms with Crippen LogP contribution in [0.4, 0.5) is 0 Å². The van der Waals surface area contributed by atoms with Crippen LogP contribution in [0.5, 0.6) is 0 Å². The number of allylic oxidation sites excluding steroid dienone is 10. The van der Waals surface area contributed by atoms with Gasteiger partial charge in [0.25, 0.3) is 0 Å². The van der Waals surface area contributed by atoms with Crippen LogP contribution in [0.15, 0.2) is 60.8 Å². The van der Waals surface area contributed by atoms with E-state index in [0.717, 1.165) is 83.5 Å². The van der Waals surface area contributed by atoms with Gasteiger partial charge in [-0.05, 0) is 57.8 Å². The molecule has 0 heterocycles. The van der Waals surface area contributed by atoms with Gasteiger partial charge in [0.05, 0.1) is 34.4 Å². The zero-order chi connectivity index (χ0) is 41.4. The highest BCUT2D eigenvalue weighted by molar-refractivity contribution is 5.72. The van der Waals surface area contributed by atoms with Crippen molar-refractivity contribution in [3.05, 3.63) is 60.8 Å². The predicted molar refractivity (Wildman–Crippen MR) is 234 cm³/mol. The average Bonchev–Trinajstić information content (AvgIpc) is 3.15. The topological polar surface area (TPSA) is 99.1 Å². The fraction of sp³-hybridized carbons (Fsp3) is 0.729. The van der Waals surface area contributed by atoms with Gasteiger partial charge in [-0.2, -0.15) is 0 Å². The van der Waals surface area contributed by atoms with Crippen molar-refractivity contribution < 1.29 is 38.2 Å². The number of esters is 2. The van der Waals surface area contributed by atoms with Gasteiger partial charge in [-0.1, -0.05) is 158 Å². The fourth-order valence-corrected chi connectivity index (χ4v) is 6.23. The minimum Gasteiger partial charge on any atom is -0.477 e. The van der Waals surface area contributed by atoms with Gasteiger partial charge in [0.15, 0.2) is 12.1 Å². The molecule has 2 unspecified atom stereocenters. The Morgan fingerprint density at radius 2 is 1.00 bits per heavy atom. The quantitative estimate of drug-likeness (QED) is 0.0287. The molecule has 0 aliphatic carbocycles. The van der Waals surface area contributed by atoms with E-state index in [1.54, 1.807) is 0 Å². The van der Waals surface area contributed by atoms with Crippen LogP contribution in [0.1, 0.15) is 174 Å². The number of hydrogen-bond acceptors (Lipinski definition) is 6. The third-order valence-corrected chi connectivity index (χ3v) is 9.68. The molecule has 0 aliphatic rings. The van der Waals surface area contributed by atoms with E-state index < -0.39 is 18.1 Å². The van der Waals surface area contributed by atoms with Crippen LogP contribution in [0, 0.1) is 0 Å². The first kappa shape index (κ1) is 53.0. The molecule has 0 fully saturated rings. The minimum atomic E-state index is -0.880. The molecule has 0 spiro atoms.